The predicted molar refractivity (Wildman–Crippen MR) is 123 cm³/mol. The molecule has 2 fully saturated rings. The standard InChI is InChI=1S/C24H22N4O5S/c29-17-3-1-2-14(10-17)11-18(24(32)28-9-8-20-22(28)19(30)13-33-20)26-23(31)16-6-4-15(5-7-16)21-12-25-27-34-21/h1-7,10,12,18,20,22,29H,8-9,11,13H2,(H,26,31). The number of rotatable bonds is 6. The van der Waals surface area contributed by atoms with Gasteiger partial charge in [0, 0.05) is 18.5 Å². The molecule has 2 aliphatic rings. The lowest BCUT2D eigenvalue weighted by atomic mass is 10.0. The molecule has 0 bridgehead atoms. The van der Waals surface area contributed by atoms with Crippen LogP contribution in [0.15, 0.2) is 54.7 Å². The smallest absolute Gasteiger partial charge is 0.251 e. The van der Waals surface area contributed by atoms with Crippen molar-refractivity contribution in [1.29, 1.82) is 0 Å². The third-order valence-electron chi connectivity index (χ3n) is 6.14. The Morgan fingerprint density at radius 2 is 2.06 bits per heavy atom. The van der Waals surface area contributed by atoms with Gasteiger partial charge in [-0.2, -0.15) is 0 Å². The summed E-state index contributed by atoms with van der Waals surface area (Å²) in [5, 5.41) is 16.5. The summed E-state index contributed by atoms with van der Waals surface area (Å²) in [7, 11) is 0. The maximum atomic E-state index is 13.5. The normalized spacial score (nSPS) is 20.2. The first-order chi connectivity index (χ1) is 16.5. The Bertz CT molecular complexity index is 1210. The number of hydrogen-bond donors (Lipinski definition) is 2. The summed E-state index contributed by atoms with van der Waals surface area (Å²) < 4.78 is 9.35. The summed E-state index contributed by atoms with van der Waals surface area (Å²) in [5.74, 6) is -0.789. The lowest BCUT2D eigenvalue weighted by Gasteiger charge is -2.27. The minimum atomic E-state index is -0.910. The highest BCUT2D eigenvalue weighted by atomic mass is 32.1. The van der Waals surface area contributed by atoms with Crippen molar-refractivity contribution in [2.75, 3.05) is 13.2 Å². The lowest BCUT2D eigenvalue weighted by Crippen LogP contribution is -2.53. The molecule has 2 N–H and O–H groups in total. The Hall–Kier alpha value is -3.63. The van der Waals surface area contributed by atoms with Gasteiger partial charge in [-0.25, -0.2) is 0 Å². The zero-order valence-electron chi connectivity index (χ0n) is 18.1. The molecule has 2 aromatic carbocycles. The first-order valence-electron chi connectivity index (χ1n) is 10.9. The van der Waals surface area contributed by atoms with Crippen LogP contribution < -0.4 is 5.32 Å². The van der Waals surface area contributed by atoms with E-state index in [1.165, 1.54) is 16.4 Å². The van der Waals surface area contributed by atoms with E-state index in [1.54, 1.807) is 54.7 Å². The van der Waals surface area contributed by atoms with Crippen LogP contribution in [-0.2, 0) is 20.7 Å². The van der Waals surface area contributed by atoms with E-state index in [0.717, 1.165) is 10.4 Å². The number of nitrogens with one attached hydrogen (secondary N) is 1. The van der Waals surface area contributed by atoms with Gasteiger partial charge in [0.1, 0.15) is 24.4 Å². The van der Waals surface area contributed by atoms with Crippen LogP contribution in [-0.4, -0.2) is 68.5 Å². The quantitative estimate of drug-likeness (QED) is 0.554. The number of ether oxygens (including phenoxy) is 1. The summed E-state index contributed by atoms with van der Waals surface area (Å²) in [6.45, 7) is 0.397. The first-order valence-corrected chi connectivity index (χ1v) is 11.7. The lowest BCUT2D eigenvalue weighted by molar-refractivity contribution is -0.138. The van der Waals surface area contributed by atoms with Gasteiger partial charge in [0.25, 0.3) is 5.91 Å². The molecular formula is C24H22N4O5S. The molecule has 0 saturated carbocycles. The number of benzene rings is 2. The third kappa shape index (κ3) is 4.42. The number of nitrogens with zero attached hydrogens (tertiary/aromatic N) is 3. The fraction of sp³-hybridized carbons (Fsp3) is 0.292. The summed E-state index contributed by atoms with van der Waals surface area (Å²) >= 11 is 1.26. The Morgan fingerprint density at radius 3 is 2.79 bits per heavy atom. The number of phenolic OH excluding ortho intramolecular Hbond substituents is 1. The number of aromatic nitrogens is 2. The molecule has 0 radical (unpaired) electrons. The van der Waals surface area contributed by atoms with Crippen molar-refractivity contribution in [3.8, 4) is 16.2 Å². The average Bonchev–Trinajstić information content (AvgIpc) is 3.58. The maximum absolute atomic E-state index is 13.5. The van der Waals surface area contributed by atoms with Crippen LogP contribution in [0, 0.1) is 0 Å². The average molecular weight is 479 g/mol. The topological polar surface area (TPSA) is 122 Å². The number of likely N-dealkylation sites (tertiary alicyclic amines) is 1. The summed E-state index contributed by atoms with van der Waals surface area (Å²) in [4.78, 5) is 41.3. The maximum Gasteiger partial charge on any atom is 0.251 e. The fourth-order valence-electron chi connectivity index (χ4n) is 4.48. The molecular weight excluding hydrogens is 456 g/mol. The van der Waals surface area contributed by atoms with Crippen molar-refractivity contribution < 1.29 is 24.2 Å². The Labute approximate surface area is 199 Å². The molecule has 3 atom stereocenters. The molecule has 34 heavy (non-hydrogen) atoms. The van der Waals surface area contributed by atoms with Gasteiger partial charge in [0.2, 0.25) is 5.91 Å². The molecule has 1 aromatic heterocycles. The van der Waals surface area contributed by atoms with Crippen molar-refractivity contribution in [2.24, 2.45) is 0 Å². The molecule has 2 saturated heterocycles. The molecule has 9 nitrogen and oxygen atoms in total. The van der Waals surface area contributed by atoms with E-state index in [4.69, 9.17) is 4.74 Å². The number of fused-ring (bicyclic) bond motifs is 1. The highest BCUT2D eigenvalue weighted by molar-refractivity contribution is 7.09. The molecule has 3 heterocycles. The van der Waals surface area contributed by atoms with Crippen LogP contribution in [0.4, 0.5) is 0 Å². The van der Waals surface area contributed by atoms with E-state index < -0.39 is 18.0 Å². The zero-order valence-corrected chi connectivity index (χ0v) is 18.9. The van der Waals surface area contributed by atoms with Gasteiger partial charge in [0.15, 0.2) is 5.78 Å². The second-order valence-corrected chi connectivity index (χ2v) is 9.13. The van der Waals surface area contributed by atoms with Crippen molar-refractivity contribution in [3.63, 3.8) is 0 Å². The molecule has 0 spiro atoms. The van der Waals surface area contributed by atoms with E-state index in [-0.39, 0.29) is 36.6 Å². The summed E-state index contributed by atoms with van der Waals surface area (Å²) in [5.41, 5.74) is 1.98. The minimum absolute atomic E-state index is 0.00429. The molecule has 3 unspecified atom stereocenters. The molecule has 10 heteroatoms. The van der Waals surface area contributed by atoms with Gasteiger partial charge in [-0.15, -0.1) is 5.10 Å². The number of amides is 2. The Kier molecular flexibility index (Phi) is 6.08. The molecule has 5 rings (SSSR count). The molecule has 2 aliphatic heterocycles. The van der Waals surface area contributed by atoms with Gasteiger partial charge in [0.05, 0.1) is 17.2 Å². The van der Waals surface area contributed by atoms with E-state index in [2.05, 4.69) is 14.9 Å². The number of Topliss-reactive ketones (excluding diaryl/α,β-unsaturated/α-hetero) is 1. The van der Waals surface area contributed by atoms with E-state index in [9.17, 15) is 19.5 Å². The molecule has 174 valence electrons. The Morgan fingerprint density at radius 1 is 1.24 bits per heavy atom. The van der Waals surface area contributed by atoms with Crippen LogP contribution in [0.5, 0.6) is 5.75 Å². The predicted octanol–water partition coefficient (Wildman–Crippen LogP) is 1.82. The number of phenols is 1. The monoisotopic (exact) mass is 478 g/mol. The van der Waals surface area contributed by atoms with Crippen molar-refractivity contribution in [1.82, 2.24) is 19.8 Å². The number of carbonyl (C=O) groups is 3. The second-order valence-electron chi connectivity index (χ2n) is 8.34. The van der Waals surface area contributed by atoms with E-state index >= 15 is 0 Å². The third-order valence-corrected chi connectivity index (χ3v) is 6.86. The number of carbonyl (C=O) groups excluding carboxylic acids is 3. The van der Waals surface area contributed by atoms with E-state index in [0.29, 0.717) is 24.1 Å². The van der Waals surface area contributed by atoms with Crippen LogP contribution in [0.25, 0.3) is 10.4 Å². The molecule has 2 amide bonds. The van der Waals surface area contributed by atoms with Gasteiger partial charge < -0.3 is 20.1 Å². The SMILES string of the molecule is O=C(NC(Cc1cccc(O)c1)C(=O)N1CCC2OCC(=O)C21)c1ccc(-c2cnns2)cc1. The summed E-state index contributed by atoms with van der Waals surface area (Å²) in [6.07, 6.45) is 2.12. The second kappa shape index (κ2) is 9.32. The van der Waals surface area contributed by atoms with Crippen LogP contribution in [0.1, 0.15) is 22.3 Å². The molecule has 0 aliphatic carbocycles. The van der Waals surface area contributed by atoms with Crippen LogP contribution >= 0.6 is 11.5 Å². The zero-order chi connectivity index (χ0) is 23.7. The highest BCUT2D eigenvalue weighted by Crippen LogP contribution is 2.28. The fourth-order valence-corrected chi connectivity index (χ4v) is 5.00. The van der Waals surface area contributed by atoms with Crippen molar-refractivity contribution >= 4 is 29.1 Å². The largest absolute Gasteiger partial charge is 0.508 e. The van der Waals surface area contributed by atoms with Gasteiger partial charge in [-0.05, 0) is 53.3 Å². The van der Waals surface area contributed by atoms with E-state index in [1.807, 2.05) is 0 Å². The van der Waals surface area contributed by atoms with Crippen molar-refractivity contribution in [3.05, 3.63) is 65.9 Å². The van der Waals surface area contributed by atoms with Crippen LogP contribution in [0.2, 0.25) is 0 Å². The number of ketones is 1. The number of hydrogen-bond acceptors (Lipinski definition) is 8. The summed E-state index contributed by atoms with van der Waals surface area (Å²) in [6, 6.07) is 12.0. The van der Waals surface area contributed by atoms with Gasteiger partial charge in [-0.1, -0.05) is 28.8 Å². The first kappa shape index (κ1) is 22.2. The van der Waals surface area contributed by atoms with Crippen molar-refractivity contribution in [2.45, 2.75) is 31.0 Å². The molecule has 3 aromatic rings. The highest BCUT2D eigenvalue weighted by Gasteiger charge is 2.48. The number of aromatic hydroxyl groups is 1. The van der Waals surface area contributed by atoms with Gasteiger partial charge >= 0.3 is 0 Å². The minimum Gasteiger partial charge on any atom is -0.508 e. The Balaban J connectivity index is 1.37. The van der Waals surface area contributed by atoms with Crippen LogP contribution in [0.3, 0.4) is 0 Å². The van der Waals surface area contributed by atoms with Gasteiger partial charge in [-0.3, -0.25) is 14.4 Å².